The number of likely N-dealkylation sites (N-methyl/N-ethyl adjacent to an activating group) is 1. The van der Waals surface area contributed by atoms with Crippen LogP contribution in [0.15, 0.2) is 60.7 Å². The molecule has 0 aromatic heterocycles. The Kier molecular flexibility index (Phi) is 6.51. The molecule has 2 rings (SSSR count). The summed E-state index contributed by atoms with van der Waals surface area (Å²) in [6, 6.07) is 19.3. The molecule has 0 fully saturated rings. The predicted octanol–water partition coefficient (Wildman–Crippen LogP) is 2.73. The Morgan fingerprint density at radius 3 is 1.92 bits per heavy atom. The number of hydrogen-bond acceptors (Lipinski definition) is 3. The number of ether oxygens (including phenoxy) is 1. The quantitative estimate of drug-likeness (QED) is 0.809. The molecule has 0 spiro atoms. The van der Waals surface area contributed by atoms with Gasteiger partial charge >= 0.3 is 5.97 Å². The summed E-state index contributed by atoms with van der Waals surface area (Å²) in [7, 11) is 0. The summed E-state index contributed by atoms with van der Waals surface area (Å²) in [6.07, 6.45) is -0.375. The third kappa shape index (κ3) is 4.93. The summed E-state index contributed by atoms with van der Waals surface area (Å²) >= 11 is 0. The van der Waals surface area contributed by atoms with Crippen LogP contribution in [-0.4, -0.2) is 41.6 Å². The first-order chi connectivity index (χ1) is 11.6. The SMILES string of the molecule is CCN(CC(=O)O)C(=O)COC(c1ccccc1)c1ccccc1. The van der Waals surface area contributed by atoms with Crippen molar-refractivity contribution in [2.45, 2.75) is 13.0 Å². The minimum absolute atomic E-state index is 0.171. The Balaban J connectivity index is 2.12. The van der Waals surface area contributed by atoms with E-state index in [-0.39, 0.29) is 25.2 Å². The molecule has 0 aliphatic heterocycles. The Labute approximate surface area is 141 Å². The van der Waals surface area contributed by atoms with E-state index >= 15 is 0 Å². The lowest BCUT2D eigenvalue weighted by molar-refractivity contribution is -0.147. The number of amides is 1. The third-order valence-corrected chi connectivity index (χ3v) is 3.64. The summed E-state index contributed by atoms with van der Waals surface area (Å²) < 4.78 is 5.86. The van der Waals surface area contributed by atoms with E-state index in [0.717, 1.165) is 11.1 Å². The summed E-state index contributed by atoms with van der Waals surface area (Å²) in [5.74, 6) is -1.37. The van der Waals surface area contributed by atoms with Gasteiger partial charge in [-0.1, -0.05) is 60.7 Å². The molecule has 2 aromatic carbocycles. The maximum Gasteiger partial charge on any atom is 0.323 e. The smallest absolute Gasteiger partial charge is 0.323 e. The normalized spacial score (nSPS) is 10.6. The average Bonchev–Trinajstić information content (AvgIpc) is 2.61. The van der Waals surface area contributed by atoms with Crippen LogP contribution in [-0.2, 0) is 14.3 Å². The average molecular weight is 327 g/mol. The molecule has 0 atom stereocenters. The molecular weight excluding hydrogens is 306 g/mol. The van der Waals surface area contributed by atoms with Gasteiger partial charge in [0, 0.05) is 6.54 Å². The first kappa shape index (κ1) is 17.7. The molecule has 0 heterocycles. The van der Waals surface area contributed by atoms with E-state index in [9.17, 15) is 9.59 Å². The molecule has 0 saturated carbocycles. The summed E-state index contributed by atoms with van der Waals surface area (Å²) in [4.78, 5) is 24.3. The number of carbonyl (C=O) groups is 2. The topological polar surface area (TPSA) is 66.8 Å². The van der Waals surface area contributed by atoms with Crippen LogP contribution in [0.1, 0.15) is 24.2 Å². The number of rotatable bonds is 8. The van der Waals surface area contributed by atoms with Crippen molar-refractivity contribution in [1.29, 1.82) is 0 Å². The van der Waals surface area contributed by atoms with Gasteiger partial charge in [0.05, 0.1) is 0 Å². The van der Waals surface area contributed by atoms with Crippen molar-refractivity contribution in [2.75, 3.05) is 19.7 Å². The molecule has 0 aliphatic carbocycles. The number of carboxylic acids is 1. The molecule has 5 heteroatoms. The maximum absolute atomic E-state index is 12.2. The highest BCUT2D eigenvalue weighted by Gasteiger charge is 2.19. The van der Waals surface area contributed by atoms with E-state index in [1.165, 1.54) is 4.90 Å². The van der Waals surface area contributed by atoms with E-state index in [0.29, 0.717) is 6.54 Å². The third-order valence-electron chi connectivity index (χ3n) is 3.64. The fourth-order valence-corrected chi connectivity index (χ4v) is 2.43. The fourth-order valence-electron chi connectivity index (χ4n) is 2.43. The fraction of sp³-hybridized carbons (Fsp3) is 0.263. The molecular formula is C19H21NO4. The second kappa shape index (κ2) is 8.84. The minimum Gasteiger partial charge on any atom is -0.480 e. The highest BCUT2D eigenvalue weighted by atomic mass is 16.5. The van der Waals surface area contributed by atoms with Crippen LogP contribution in [0.5, 0.6) is 0 Å². The maximum atomic E-state index is 12.2. The lowest BCUT2D eigenvalue weighted by atomic mass is 10.0. The van der Waals surface area contributed by atoms with Gasteiger partial charge in [-0.2, -0.15) is 0 Å². The monoisotopic (exact) mass is 327 g/mol. The van der Waals surface area contributed by atoms with Crippen LogP contribution in [0.3, 0.4) is 0 Å². The van der Waals surface area contributed by atoms with Crippen molar-refractivity contribution in [3.63, 3.8) is 0 Å². The molecule has 1 N–H and O–H groups in total. The minimum atomic E-state index is -1.03. The second-order valence-corrected chi connectivity index (χ2v) is 5.31. The van der Waals surface area contributed by atoms with E-state index in [2.05, 4.69) is 0 Å². The number of nitrogens with zero attached hydrogens (tertiary/aromatic N) is 1. The number of benzene rings is 2. The van der Waals surface area contributed by atoms with Gasteiger partial charge in [0.1, 0.15) is 19.3 Å². The molecule has 24 heavy (non-hydrogen) atoms. The predicted molar refractivity (Wildman–Crippen MR) is 90.6 cm³/mol. The lowest BCUT2D eigenvalue weighted by Gasteiger charge is -2.22. The zero-order chi connectivity index (χ0) is 17.4. The van der Waals surface area contributed by atoms with E-state index in [4.69, 9.17) is 9.84 Å². The standard InChI is InChI=1S/C19H21NO4/c1-2-20(13-18(22)23)17(21)14-24-19(15-9-5-3-6-10-15)16-11-7-4-8-12-16/h3-12,19H,2,13-14H2,1H3,(H,22,23). The van der Waals surface area contributed by atoms with E-state index in [1.807, 2.05) is 60.7 Å². The van der Waals surface area contributed by atoms with Gasteiger partial charge in [0.2, 0.25) is 5.91 Å². The first-order valence-electron chi connectivity index (χ1n) is 7.83. The van der Waals surface area contributed by atoms with Crippen LogP contribution in [0.2, 0.25) is 0 Å². The van der Waals surface area contributed by atoms with Crippen molar-refractivity contribution in [3.8, 4) is 0 Å². The van der Waals surface area contributed by atoms with Crippen molar-refractivity contribution in [1.82, 2.24) is 4.90 Å². The van der Waals surface area contributed by atoms with Gasteiger partial charge in [-0.15, -0.1) is 0 Å². The van der Waals surface area contributed by atoms with Gasteiger partial charge in [-0.05, 0) is 18.1 Å². The summed E-state index contributed by atoms with van der Waals surface area (Å²) in [5.41, 5.74) is 1.88. The molecule has 0 bridgehead atoms. The Morgan fingerprint density at radius 1 is 1.00 bits per heavy atom. The summed E-state index contributed by atoms with van der Waals surface area (Å²) in [5, 5.41) is 8.86. The Morgan fingerprint density at radius 2 is 1.50 bits per heavy atom. The molecule has 0 radical (unpaired) electrons. The Bertz CT molecular complexity index is 618. The molecule has 5 nitrogen and oxygen atoms in total. The van der Waals surface area contributed by atoms with Crippen molar-refractivity contribution in [2.24, 2.45) is 0 Å². The van der Waals surface area contributed by atoms with Gasteiger partial charge in [-0.25, -0.2) is 0 Å². The highest BCUT2D eigenvalue weighted by molar-refractivity contribution is 5.82. The van der Waals surface area contributed by atoms with Gasteiger partial charge < -0.3 is 14.7 Å². The zero-order valence-corrected chi connectivity index (χ0v) is 13.6. The molecule has 0 aliphatic rings. The first-order valence-corrected chi connectivity index (χ1v) is 7.83. The van der Waals surface area contributed by atoms with E-state index in [1.54, 1.807) is 6.92 Å². The van der Waals surface area contributed by atoms with Crippen molar-refractivity contribution >= 4 is 11.9 Å². The van der Waals surface area contributed by atoms with Crippen molar-refractivity contribution in [3.05, 3.63) is 71.8 Å². The largest absolute Gasteiger partial charge is 0.480 e. The zero-order valence-electron chi connectivity index (χ0n) is 13.6. The van der Waals surface area contributed by atoms with Crippen LogP contribution in [0, 0.1) is 0 Å². The van der Waals surface area contributed by atoms with Crippen LogP contribution in [0.4, 0.5) is 0 Å². The van der Waals surface area contributed by atoms with Gasteiger partial charge in [0.25, 0.3) is 0 Å². The van der Waals surface area contributed by atoms with E-state index < -0.39 is 5.97 Å². The number of aliphatic carboxylic acids is 1. The number of hydrogen-bond donors (Lipinski definition) is 1. The summed E-state index contributed by atoms with van der Waals surface area (Å²) in [6.45, 7) is 1.58. The molecule has 1 amide bonds. The number of carbonyl (C=O) groups excluding carboxylic acids is 1. The number of carboxylic acid groups (broad SMARTS) is 1. The van der Waals surface area contributed by atoms with Crippen LogP contribution >= 0.6 is 0 Å². The molecule has 126 valence electrons. The molecule has 0 saturated heterocycles. The lowest BCUT2D eigenvalue weighted by Crippen LogP contribution is -2.38. The second-order valence-electron chi connectivity index (χ2n) is 5.31. The molecule has 0 unspecified atom stereocenters. The highest BCUT2D eigenvalue weighted by Crippen LogP contribution is 2.25. The van der Waals surface area contributed by atoms with Gasteiger partial charge in [0.15, 0.2) is 0 Å². The molecule has 2 aromatic rings. The Hall–Kier alpha value is -2.66. The van der Waals surface area contributed by atoms with Gasteiger partial charge in [-0.3, -0.25) is 9.59 Å². The van der Waals surface area contributed by atoms with Crippen LogP contribution in [0.25, 0.3) is 0 Å². The van der Waals surface area contributed by atoms with Crippen LogP contribution < -0.4 is 0 Å². The van der Waals surface area contributed by atoms with Crippen molar-refractivity contribution < 1.29 is 19.4 Å².